The van der Waals surface area contributed by atoms with Crippen LogP contribution in [-0.2, 0) is 13.5 Å². The Labute approximate surface area is 99.3 Å². The number of anilines is 2. The molecule has 0 aliphatic heterocycles. The molecule has 0 saturated carbocycles. The Bertz CT molecular complexity index is 492. The lowest BCUT2D eigenvalue weighted by atomic mass is 10.3. The van der Waals surface area contributed by atoms with Crippen LogP contribution in [0.15, 0.2) is 24.5 Å². The van der Waals surface area contributed by atoms with Crippen LogP contribution < -0.4 is 5.32 Å². The molecule has 0 atom stereocenters. The van der Waals surface area contributed by atoms with E-state index in [1.807, 2.05) is 13.2 Å². The Morgan fingerprint density at radius 2 is 2.31 bits per heavy atom. The summed E-state index contributed by atoms with van der Waals surface area (Å²) in [5.74, 6) is 0.659. The number of hydrogen-bond acceptors (Lipinski definition) is 3. The number of aromatic nitrogens is 3. The summed E-state index contributed by atoms with van der Waals surface area (Å²) in [6, 6.07) is 3.61. The molecule has 2 heterocycles. The fourth-order valence-corrected chi connectivity index (χ4v) is 1.67. The Balaban J connectivity index is 2.30. The summed E-state index contributed by atoms with van der Waals surface area (Å²) < 4.78 is 1.78. The first kappa shape index (κ1) is 11.0. The van der Waals surface area contributed by atoms with Crippen molar-refractivity contribution in [3.05, 3.63) is 35.2 Å². The standard InChI is InChI=1S/C11H13ClN4/c1-3-9-10(7-16(2)15-9)14-11-8(12)5-4-6-13-11/h4-7H,3H2,1-2H3,(H,13,14). The van der Waals surface area contributed by atoms with Crippen molar-refractivity contribution >= 4 is 23.1 Å². The molecular weight excluding hydrogens is 224 g/mol. The number of halogens is 1. The second kappa shape index (κ2) is 4.53. The molecule has 0 spiro atoms. The van der Waals surface area contributed by atoms with Crippen molar-refractivity contribution in [2.45, 2.75) is 13.3 Å². The topological polar surface area (TPSA) is 42.7 Å². The van der Waals surface area contributed by atoms with Gasteiger partial charge in [-0.15, -0.1) is 0 Å². The number of rotatable bonds is 3. The Morgan fingerprint density at radius 3 is 3.00 bits per heavy atom. The van der Waals surface area contributed by atoms with E-state index in [1.54, 1.807) is 23.0 Å². The third-order valence-corrected chi connectivity index (χ3v) is 2.56. The highest BCUT2D eigenvalue weighted by Gasteiger charge is 2.08. The van der Waals surface area contributed by atoms with Crippen LogP contribution in [-0.4, -0.2) is 14.8 Å². The maximum absolute atomic E-state index is 6.02. The van der Waals surface area contributed by atoms with Crippen molar-refractivity contribution < 1.29 is 0 Å². The van der Waals surface area contributed by atoms with Gasteiger partial charge in [-0.05, 0) is 18.6 Å². The van der Waals surface area contributed by atoms with Crippen LogP contribution in [0, 0.1) is 0 Å². The molecule has 16 heavy (non-hydrogen) atoms. The van der Waals surface area contributed by atoms with Gasteiger partial charge < -0.3 is 5.32 Å². The lowest BCUT2D eigenvalue weighted by molar-refractivity contribution is 0.746. The maximum atomic E-state index is 6.02. The predicted molar refractivity (Wildman–Crippen MR) is 65.1 cm³/mol. The molecule has 0 aliphatic rings. The molecule has 2 aromatic heterocycles. The van der Waals surface area contributed by atoms with Gasteiger partial charge in [0.05, 0.1) is 16.4 Å². The van der Waals surface area contributed by atoms with Gasteiger partial charge >= 0.3 is 0 Å². The second-order valence-electron chi connectivity index (χ2n) is 3.48. The minimum Gasteiger partial charge on any atom is -0.336 e. The molecule has 84 valence electrons. The average molecular weight is 237 g/mol. The lowest BCUT2D eigenvalue weighted by Gasteiger charge is -2.05. The van der Waals surface area contributed by atoms with Gasteiger partial charge in [0.2, 0.25) is 0 Å². The molecular formula is C11H13ClN4. The molecule has 1 N–H and O–H groups in total. The molecule has 0 unspecified atom stereocenters. The Kier molecular flexibility index (Phi) is 3.10. The van der Waals surface area contributed by atoms with Gasteiger partial charge in [-0.1, -0.05) is 18.5 Å². The van der Waals surface area contributed by atoms with Crippen molar-refractivity contribution in [3.8, 4) is 0 Å². The highest BCUT2D eigenvalue weighted by Crippen LogP contribution is 2.24. The predicted octanol–water partition coefficient (Wildman–Crippen LogP) is 2.77. The molecule has 0 aromatic carbocycles. The first-order valence-electron chi connectivity index (χ1n) is 5.10. The molecule has 0 aliphatic carbocycles. The van der Waals surface area contributed by atoms with Gasteiger partial charge in [-0.2, -0.15) is 5.10 Å². The van der Waals surface area contributed by atoms with E-state index in [9.17, 15) is 0 Å². The summed E-state index contributed by atoms with van der Waals surface area (Å²) in [5.41, 5.74) is 1.95. The van der Waals surface area contributed by atoms with Crippen molar-refractivity contribution in [1.29, 1.82) is 0 Å². The highest BCUT2D eigenvalue weighted by molar-refractivity contribution is 6.33. The monoisotopic (exact) mass is 236 g/mol. The SMILES string of the molecule is CCc1nn(C)cc1Nc1ncccc1Cl. The third kappa shape index (κ3) is 2.17. The van der Waals surface area contributed by atoms with Crippen LogP contribution in [0.5, 0.6) is 0 Å². The fourth-order valence-electron chi connectivity index (χ4n) is 1.51. The van der Waals surface area contributed by atoms with Crippen LogP contribution in [0.3, 0.4) is 0 Å². The van der Waals surface area contributed by atoms with Gasteiger partial charge in [0.15, 0.2) is 0 Å². The lowest BCUT2D eigenvalue weighted by Crippen LogP contribution is -1.95. The number of nitrogens with one attached hydrogen (secondary N) is 1. The molecule has 2 aromatic rings. The molecule has 0 amide bonds. The quantitative estimate of drug-likeness (QED) is 0.891. The summed E-state index contributed by atoms with van der Waals surface area (Å²) in [5, 5.41) is 8.13. The molecule has 2 rings (SSSR count). The fraction of sp³-hybridized carbons (Fsp3) is 0.273. The molecule has 0 saturated heterocycles. The number of hydrogen-bond donors (Lipinski definition) is 1. The average Bonchev–Trinajstić information content (AvgIpc) is 2.62. The largest absolute Gasteiger partial charge is 0.336 e. The van der Waals surface area contributed by atoms with E-state index in [0.717, 1.165) is 17.8 Å². The van der Waals surface area contributed by atoms with Gasteiger partial charge in [0, 0.05) is 19.4 Å². The molecule has 4 nitrogen and oxygen atoms in total. The van der Waals surface area contributed by atoms with Crippen LogP contribution in [0.1, 0.15) is 12.6 Å². The summed E-state index contributed by atoms with van der Waals surface area (Å²) in [6.45, 7) is 2.06. The zero-order valence-corrected chi connectivity index (χ0v) is 9.99. The summed E-state index contributed by atoms with van der Waals surface area (Å²) in [4.78, 5) is 4.18. The molecule has 0 fully saturated rings. The number of nitrogens with zero attached hydrogens (tertiary/aromatic N) is 3. The number of aryl methyl sites for hydroxylation is 2. The first-order chi connectivity index (χ1) is 7.70. The highest BCUT2D eigenvalue weighted by atomic mass is 35.5. The van der Waals surface area contributed by atoms with E-state index in [0.29, 0.717) is 10.8 Å². The van der Waals surface area contributed by atoms with Gasteiger partial charge in [0.25, 0.3) is 0 Å². The Hall–Kier alpha value is -1.55. The van der Waals surface area contributed by atoms with Crippen LogP contribution in [0.2, 0.25) is 5.02 Å². The number of pyridine rings is 1. The maximum Gasteiger partial charge on any atom is 0.149 e. The summed E-state index contributed by atoms with van der Waals surface area (Å²) >= 11 is 6.02. The summed E-state index contributed by atoms with van der Waals surface area (Å²) in [6.07, 6.45) is 4.49. The van der Waals surface area contributed by atoms with E-state index < -0.39 is 0 Å². The zero-order chi connectivity index (χ0) is 11.5. The minimum absolute atomic E-state index is 0.605. The second-order valence-corrected chi connectivity index (χ2v) is 3.88. The zero-order valence-electron chi connectivity index (χ0n) is 9.24. The minimum atomic E-state index is 0.605. The Morgan fingerprint density at radius 1 is 1.50 bits per heavy atom. The van der Waals surface area contributed by atoms with Crippen molar-refractivity contribution in [2.24, 2.45) is 7.05 Å². The van der Waals surface area contributed by atoms with Gasteiger partial charge in [-0.25, -0.2) is 4.98 Å². The molecule has 0 bridgehead atoms. The molecule has 5 heteroatoms. The third-order valence-electron chi connectivity index (χ3n) is 2.25. The normalized spacial score (nSPS) is 10.4. The van der Waals surface area contributed by atoms with Crippen LogP contribution in [0.25, 0.3) is 0 Å². The van der Waals surface area contributed by atoms with Crippen LogP contribution in [0.4, 0.5) is 11.5 Å². The van der Waals surface area contributed by atoms with Gasteiger partial charge in [0.1, 0.15) is 5.82 Å². The molecule has 0 radical (unpaired) electrons. The van der Waals surface area contributed by atoms with E-state index >= 15 is 0 Å². The van der Waals surface area contributed by atoms with E-state index in [1.165, 1.54) is 0 Å². The van der Waals surface area contributed by atoms with E-state index in [-0.39, 0.29) is 0 Å². The van der Waals surface area contributed by atoms with Crippen molar-refractivity contribution in [2.75, 3.05) is 5.32 Å². The van der Waals surface area contributed by atoms with E-state index in [4.69, 9.17) is 11.6 Å². The van der Waals surface area contributed by atoms with Crippen molar-refractivity contribution in [3.63, 3.8) is 0 Å². The van der Waals surface area contributed by atoms with E-state index in [2.05, 4.69) is 22.3 Å². The van der Waals surface area contributed by atoms with Crippen molar-refractivity contribution in [1.82, 2.24) is 14.8 Å². The van der Waals surface area contributed by atoms with Crippen LogP contribution >= 0.6 is 11.6 Å². The smallest absolute Gasteiger partial charge is 0.149 e. The van der Waals surface area contributed by atoms with Gasteiger partial charge in [-0.3, -0.25) is 4.68 Å². The first-order valence-corrected chi connectivity index (χ1v) is 5.48. The summed E-state index contributed by atoms with van der Waals surface area (Å²) in [7, 11) is 1.89.